The molecule has 0 atom stereocenters. The number of halogens is 2. The molecule has 98 valence electrons. The SMILES string of the molecule is Cn1cc(/C=C/C(=O)Nc2ccc(F)cc2F)cn1. The van der Waals surface area contributed by atoms with Crippen LogP contribution >= 0.6 is 0 Å². The normalized spacial score (nSPS) is 10.9. The van der Waals surface area contributed by atoms with E-state index >= 15 is 0 Å². The van der Waals surface area contributed by atoms with E-state index in [2.05, 4.69) is 10.4 Å². The summed E-state index contributed by atoms with van der Waals surface area (Å²) in [5.74, 6) is -2.01. The van der Waals surface area contributed by atoms with Crippen LogP contribution in [0.4, 0.5) is 14.5 Å². The molecule has 1 aromatic carbocycles. The number of anilines is 1. The molecule has 0 fully saturated rings. The fraction of sp³-hybridized carbons (Fsp3) is 0.0769. The van der Waals surface area contributed by atoms with E-state index in [4.69, 9.17) is 0 Å². The van der Waals surface area contributed by atoms with Crippen molar-refractivity contribution in [2.45, 2.75) is 0 Å². The number of benzene rings is 1. The number of aromatic nitrogens is 2. The Balaban J connectivity index is 2.03. The summed E-state index contributed by atoms with van der Waals surface area (Å²) in [7, 11) is 1.76. The monoisotopic (exact) mass is 263 g/mol. The van der Waals surface area contributed by atoms with E-state index < -0.39 is 17.5 Å². The van der Waals surface area contributed by atoms with Gasteiger partial charge in [0.2, 0.25) is 5.91 Å². The second-order valence-electron chi connectivity index (χ2n) is 3.89. The first-order chi connectivity index (χ1) is 9.04. The molecular weight excluding hydrogens is 252 g/mol. The summed E-state index contributed by atoms with van der Waals surface area (Å²) >= 11 is 0. The maximum atomic E-state index is 13.3. The smallest absolute Gasteiger partial charge is 0.248 e. The van der Waals surface area contributed by atoms with E-state index in [9.17, 15) is 13.6 Å². The van der Waals surface area contributed by atoms with E-state index in [1.165, 1.54) is 12.1 Å². The third-order valence-electron chi connectivity index (χ3n) is 2.34. The number of hydrogen-bond donors (Lipinski definition) is 1. The minimum Gasteiger partial charge on any atom is -0.320 e. The van der Waals surface area contributed by atoms with Crippen molar-refractivity contribution in [2.24, 2.45) is 7.05 Å². The Morgan fingerprint density at radius 1 is 1.42 bits per heavy atom. The summed E-state index contributed by atoms with van der Waals surface area (Å²) in [6.45, 7) is 0. The average Bonchev–Trinajstić information content (AvgIpc) is 2.76. The number of hydrogen-bond acceptors (Lipinski definition) is 2. The number of nitrogens with one attached hydrogen (secondary N) is 1. The number of amides is 1. The first-order valence-electron chi connectivity index (χ1n) is 5.47. The van der Waals surface area contributed by atoms with Crippen LogP contribution in [-0.4, -0.2) is 15.7 Å². The molecule has 0 saturated carbocycles. The van der Waals surface area contributed by atoms with Crippen molar-refractivity contribution in [1.82, 2.24) is 9.78 Å². The van der Waals surface area contributed by atoms with E-state index in [-0.39, 0.29) is 5.69 Å². The molecule has 1 amide bonds. The predicted molar refractivity (Wildman–Crippen MR) is 67.2 cm³/mol. The molecule has 0 aliphatic rings. The van der Waals surface area contributed by atoms with Gasteiger partial charge in [-0.05, 0) is 18.2 Å². The van der Waals surface area contributed by atoms with Crippen molar-refractivity contribution in [3.8, 4) is 0 Å². The van der Waals surface area contributed by atoms with Gasteiger partial charge in [0, 0.05) is 31.0 Å². The fourth-order valence-electron chi connectivity index (χ4n) is 1.46. The Hall–Kier alpha value is -2.50. The second-order valence-corrected chi connectivity index (χ2v) is 3.89. The Labute approximate surface area is 108 Å². The number of carbonyl (C=O) groups excluding carboxylic acids is 1. The quantitative estimate of drug-likeness (QED) is 0.864. The van der Waals surface area contributed by atoms with Gasteiger partial charge in [0.1, 0.15) is 11.6 Å². The van der Waals surface area contributed by atoms with Gasteiger partial charge in [-0.3, -0.25) is 9.48 Å². The lowest BCUT2D eigenvalue weighted by Crippen LogP contribution is -2.09. The zero-order chi connectivity index (χ0) is 13.8. The zero-order valence-corrected chi connectivity index (χ0v) is 10.1. The molecule has 0 bridgehead atoms. The highest BCUT2D eigenvalue weighted by Crippen LogP contribution is 2.14. The fourth-order valence-corrected chi connectivity index (χ4v) is 1.46. The maximum absolute atomic E-state index is 13.3. The second kappa shape index (κ2) is 5.43. The Kier molecular flexibility index (Phi) is 3.70. The van der Waals surface area contributed by atoms with Gasteiger partial charge in [0.25, 0.3) is 0 Å². The topological polar surface area (TPSA) is 46.9 Å². The van der Waals surface area contributed by atoms with Crippen LogP contribution in [0, 0.1) is 11.6 Å². The molecule has 0 saturated heterocycles. The molecule has 0 aliphatic carbocycles. The Morgan fingerprint density at radius 2 is 2.21 bits per heavy atom. The molecule has 0 radical (unpaired) electrons. The lowest BCUT2D eigenvalue weighted by molar-refractivity contribution is -0.111. The molecule has 0 unspecified atom stereocenters. The van der Waals surface area contributed by atoms with Crippen molar-refractivity contribution in [3.63, 3.8) is 0 Å². The van der Waals surface area contributed by atoms with Crippen LogP contribution in [0.15, 0.2) is 36.7 Å². The summed E-state index contributed by atoms with van der Waals surface area (Å²) < 4.78 is 27.6. The van der Waals surface area contributed by atoms with Gasteiger partial charge in [0.05, 0.1) is 11.9 Å². The standard InChI is InChI=1S/C13H11F2N3O/c1-18-8-9(7-16-18)2-5-13(19)17-12-4-3-10(14)6-11(12)15/h2-8H,1H3,(H,17,19)/b5-2+. The lowest BCUT2D eigenvalue weighted by atomic mass is 10.3. The molecule has 4 nitrogen and oxygen atoms in total. The molecule has 1 aromatic heterocycles. The Morgan fingerprint density at radius 3 is 2.84 bits per heavy atom. The number of aryl methyl sites for hydroxylation is 1. The molecule has 0 aliphatic heterocycles. The molecule has 6 heteroatoms. The Bertz CT molecular complexity index is 635. The van der Waals surface area contributed by atoms with Crippen LogP contribution in [0.2, 0.25) is 0 Å². The highest BCUT2D eigenvalue weighted by molar-refractivity contribution is 6.01. The predicted octanol–water partition coefficient (Wildman–Crippen LogP) is 2.35. The first-order valence-corrected chi connectivity index (χ1v) is 5.47. The molecular formula is C13H11F2N3O. The zero-order valence-electron chi connectivity index (χ0n) is 10.1. The third kappa shape index (κ3) is 3.48. The van der Waals surface area contributed by atoms with E-state index in [0.717, 1.165) is 11.6 Å². The molecule has 2 aromatic rings. The first kappa shape index (κ1) is 12.9. The van der Waals surface area contributed by atoms with E-state index in [0.29, 0.717) is 6.07 Å². The maximum Gasteiger partial charge on any atom is 0.248 e. The molecule has 0 spiro atoms. The number of carbonyl (C=O) groups is 1. The summed E-state index contributed by atoms with van der Waals surface area (Å²) in [4.78, 5) is 11.5. The third-order valence-corrected chi connectivity index (χ3v) is 2.34. The van der Waals surface area contributed by atoms with Crippen LogP contribution in [0.3, 0.4) is 0 Å². The van der Waals surface area contributed by atoms with Crippen molar-refractivity contribution in [2.75, 3.05) is 5.32 Å². The van der Waals surface area contributed by atoms with Crippen LogP contribution in [-0.2, 0) is 11.8 Å². The summed E-state index contributed by atoms with van der Waals surface area (Å²) in [6.07, 6.45) is 6.11. The van der Waals surface area contributed by atoms with Crippen molar-refractivity contribution in [1.29, 1.82) is 0 Å². The molecule has 1 heterocycles. The summed E-state index contributed by atoms with van der Waals surface area (Å²) in [6, 6.07) is 2.95. The van der Waals surface area contributed by atoms with Gasteiger partial charge in [0.15, 0.2) is 0 Å². The van der Waals surface area contributed by atoms with Gasteiger partial charge in [-0.2, -0.15) is 5.10 Å². The highest BCUT2D eigenvalue weighted by Gasteiger charge is 2.05. The minimum atomic E-state index is -0.817. The van der Waals surface area contributed by atoms with Crippen LogP contribution in [0.5, 0.6) is 0 Å². The highest BCUT2D eigenvalue weighted by atomic mass is 19.1. The lowest BCUT2D eigenvalue weighted by Gasteiger charge is -2.03. The van der Waals surface area contributed by atoms with Gasteiger partial charge < -0.3 is 5.32 Å². The van der Waals surface area contributed by atoms with Crippen molar-refractivity contribution >= 4 is 17.7 Å². The molecule has 19 heavy (non-hydrogen) atoms. The van der Waals surface area contributed by atoms with Crippen molar-refractivity contribution < 1.29 is 13.6 Å². The number of rotatable bonds is 3. The van der Waals surface area contributed by atoms with E-state index in [1.807, 2.05) is 0 Å². The van der Waals surface area contributed by atoms with Crippen molar-refractivity contribution in [3.05, 3.63) is 53.9 Å². The van der Waals surface area contributed by atoms with Gasteiger partial charge in [-0.1, -0.05) is 0 Å². The van der Waals surface area contributed by atoms with Gasteiger partial charge in [-0.15, -0.1) is 0 Å². The molecule has 1 N–H and O–H groups in total. The van der Waals surface area contributed by atoms with Crippen LogP contribution < -0.4 is 5.32 Å². The van der Waals surface area contributed by atoms with Gasteiger partial charge >= 0.3 is 0 Å². The van der Waals surface area contributed by atoms with Crippen LogP contribution in [0.25, 0.3) is 6.08 Å². The largest absolute Gasteiger partial charge is 0.320 e. The van der Waals surface area contributed by atoms with Gasteiger partial charge in [-0.25, -0.2) is 8.78 Å². The summed E-state index contributed by atoms with van der Waals surface area (Å²) in [5, 5.41) is 6.25. The van der Waals surface area contributed by atoms with Crippen LogP contribution in [0.1, 0.15) is 5.56 Å². The minimum absolute atomic E-state index is 0.0674. The van der Waals surface area contributed by atoms with E-state index in [1.54, 1.807) is 30.2 Å². The summed E-state index contributed by atoms with van der Waals surface area (Å²) in [5.41, 5.74) is 0.680. The number of nitrogens with zero attached hydrogens (tertiary/aromatic N) is 2. The average molecular weight is 263 g/mol. The molecule has 2 rings (SSSR count).